The van der Waals surface area contributed by atoms with Crippen LogP contribution in [0.4, 0.5) is 0 Å². The summed E-state index contributed by atoms with van der Waals surface area (Å²) in [5.41, 5.74) is 15.2. The molecular formula is C47H43IrN3O-2. The molecule has 0 saturated carbocycles. The third-order valence-electron chi connectivity index (χ3n) is 9.81. The van der Waals surface area contributed by atoms with Gasteiger partial charge in [0, 0.05) is 61.1 Å². The van der Waals surface area contributed by atoms with Crippen molar-refractivity contribution in [3.8, 4) is 33.6 Å². The van der Waals surface area contributed by atoms with E-state index in [0.29, 0.717) is 0 Å². The van der Waals surface area contributed by atoms with Crippen LogP contribution in [0.2, 0.25) is 0 Å². The third kappa shape index (κ3) is 7.48. The molecule has 0 bridgehead atoms. The van der Waals surface area contributed by atoms with Crippen LogP contribution < -0.4 is 0 Å². The Morgan fingerprint density at radius 3 is 2.21 bits per heavy atom. The number of hydrogen-bond donors (Lipinski definition) is 0. The molecule has 1 radical (unpaired) electrons. The van der Waals surface area contributed by atoms with E-state index < -0.39 is 0 Å². The first-order valence-electron chi connectivity index (χ1n) is 17.6. The maximum Gasteiger partial charge on any atom is 0.0847 e. The fourth-order valence-electron chi connectivity index (χ4n) is 6.28. The molecule has 0 atom stereocenters. The fraction of sp³-hybridized carbons (Fsp3) is 0.213. The number of aromatic nitrogens is 3. The van der Waals surface area contributed by atoms with Gasteiger partial charge in [0.05, 0.1) is 5.58 Å². The molecule has 52 heavy (non-hydrogen) atoms. The molecule has 4 aromatic heterocycles. The van der Waals surface area contributed by atoms with Crippen LogP contribution in [0.5, 0.6) is 0 Å². The van der Waals surface area contributed by atoms with Gasteiger partial charge in [0.15, 0.2) is 0 Å². The summed E-state index contributed by atoms with van der Waals surface area (Å²) in [5.74, 6) is 0. The zero-order chi connectivity index (χ0) is 35.9. The van der Waals surface area contributed by atoms with Crippen molar-refractivity contribution in [3.05, 3.63) is 149 Å². The second-order valence-corrected chi connectivity index (χ2v) is 14.6. The van der Waals surface area contributed by atoms with E-state index in [9.17, 15) is 0 Å². The Labute approximate surface area is 320 Å². The van der Waals surface area contributed by atoms with Gasteiger partial charge in [-0.2, -0.15) is 0 Å². The zero-order valence-corrected chi connectivity index (χ0v) is 33.5. The van der Waals surface area contributed by atoms with Gasteiger partial charge >= 0.3 is 0 Å². The van der Waals surface area contributed by atoms with Gasteiger partial charge in [-0.3, -0.25) is 9.97 Å². The number of furan rings is 1. The summed E-state index contributed by atoms with van der Waals surface area (Å²) >= 11 is 0. The summed E-state index contributed by atoms with van der Waals surface area (Å²) in [6.07, 6.45) is 6.56. The van der Waals surface area contributed by atoms with Crippen molar-refractivity contribution in [3.63, 3.8) is 0 Å². The van der Waals surface area contributed by atoms with E-state index in [4.69, 9.17) is 14.4 Å². The predicted octanol–water partition coefficient (Wildman–Crippen LogP) is 12.3. The maximum absolute atomic E-state index is 5.83. The second-order valence-electron chi connectivity index (χ2n) is 14.6. The molecule has 0 saturated heterocycles. The molecular weight excluding hydrogens is 815 g/mol. The molecule has 0 aliphatic heterocycles. The predicted molar refractivity (Wildman–Crippen MR) is 212 cm³/mol. The van der Waals surface area contributed by atoms with Gasteiger partial charge in [-0.15, -0.1) is 41.0 Å². The van der Waals surface area contributed by atoms with Crippen molar-refractivity contribution < 1.29 is 24.5 Å². The van der Waals surface area contributed by atoms with Crippen LogP contribution in [0.25, 0.3) is 66.3 Å². The van der Waals surface area contributed by atoms with Gasteiger partial charge in [-0.25, -0.2) is 0 Å². The molecule has 0 amide bonds. The van der Waals surface area contributed by atoms with Crippen molar-refractivity contribution in [2.75, 3.05) is 0 Å². The average molecular weight is 858 g/mol. The standard InChI is InChI=1S/C32H27N2O.C15H16N.Ir/c1-5-20-6-7-22-17-23(9-8-21(22)16-20)24-12-14-33-28(19-24)27-18-25-13-15-35-31(25)30-26(27)10-11-29(34-30)32(2,3)4;1-10-5-6-14(7-11(10)2)15-8-12(3)13(4)9-16-15;/h6-17,19H,5H2,1-4H3;5,7-9H,1-4H3;/q2*-1;. The van der Waals surface area contributed by atoms with Gasteiger partial charge in [0.1, 0.15) is 0 Å². The summed E-state index contributed by atoms with van der Waals surface area (Å²) in [7, 11) is 0. The zero-order valence-electron chi connectivity index (χ0n) is 31.1. The first-order chi connectivity index (χ1) is 24.5. The average Bonchev–Trinajstić information content (AvgIpc) is 3.62. The first kappa shape index (κ1) is 36.8. The van der Waals surface area contributed by atoms with Crippen LogP contribution in [0, 0.1) is 39.8 Å². The molecule has 4 aromatic carbocycles. The Morgan fingerprint density at radius 2 is 1.46 bits per heavy atom. The topological polar surface area (TPSA) is 51.8 Å². The molecule has 4 heterocycles. The van der Waals surface area contributed by atoms with Crippen molar-refractivity contribution in [1.29, 1.82) is 0 Å². The number of pyridine rings is 3. The van der Waals surface area contributed by atoms with E-state index in [1.807, 2.05) is 24.5 Å². The maximum atomic E-state index is 5.83. The molecule has 0 N–H and O–H groups in total. The number of fused-ring (bicyclic) bond motifs is 4. The molecule has 0 unspecified atom stereocenters. The van der Waals surface area contributed by atoms with E-state index >= 15 is 0 Å². The third-order valence-corrected chi connectivity index (χ3v) is 9.81. The van der Waals surface area contributed by atoms with Crippen LogP contribution in [0.3, 0.4) is 0 Å². The minimum absolute atomic E-state index is 0. The molecule has 8 aromatic rings. The van der Waals surface area contributed by atoms with E-state index in [1.54, 1.807) is 6.26 Å². The number of benzene rings is 4. The summed E-state index contributed by atoms with van der Waals surface area (Å²) in [6, 6.07) is 36.9. The number of aryl methyl sites for hydroxylation is 5. The molecule has 0 aliphatic rings. The number of rotatable bonds is 4. The van der Waals surface area contributed by atoms with Crippen LogP contribution in [0.15, 0.2) is 108 Å². The van der Waals surface area contributed by atoms with E-state index in [-0.39, 0.29) is 25.5 Å². The van der Waals surface area contributed by atoms with Crippen LogP contribution >= 0.6 is 0 Å². The summed E-state index contributed by atoms with van der Waals surface area (Å²) < 4.78 is 5.83. The van der Waals surface area contributed by atoms with E-state index in [2.05, 4.69) is 145 Å². The summed E-state index contributed by atoms with van der Waals surface area (Å²) in [4.78, 5) is 14.2. The van der Waals surface area contributed by atoms with Gasteiger partial charge in [0.2, 0.25) is 0 Å². The summed E-state index contributed by atoms with van der Waals surface area (Å²) in [5, 5.41) is 4.42. The minimum Gasteiger partial charge on any atom is -0.506 e. The molecule has 0 spiro atoms. The van der Waals surface area contributed by atoms with Crippen LogP contribution in [0.1, 0.15) is 61.2 Å². The first-order valence-corrected chi connectivity index (χ1v) is 17.6. The monoisotopic (exact) mass is 858 g/mol. The summed E-state index contributed by atoms with van der Waals surface area (Å²) in [6.45, 7) is 17.1. The Hall–Kier alpha value is -4.96. The van der Waals surface area contributed by atoms with Gasteiger partial charge in [-0.05, 0) is 77.2 Å². The molecule has 0 aliphatic carbocycles. The van der Waals surface area contributed by atoms with Crippen LogP contribution in [-0.4, -0.2) is 15.0 Å². The normalized spacial score (nSPS) is 11.4. The molecule has 5 heteroatoms. The molecule has 4 nitrogen and oxygen atoms in total. The minimum atomic E-state index is -0.0566. The Balaban J connectivity index is 0.000000230. The SMILES string of the molecule is CCc1ccc2cc(-c3ccnc(-c4[c-]c5ccoc5c5nc(C(C)(C)C)ccc45)c3)ccc2c1.Cc1c[c-]c(-c2cc(C)c(C)cn2)cc1C.[Ir]. The Kier molecular flexibility index (Phi) is 10.6. The van der Waals surface area contributed by atoms with Gasteiger partial charge < -0.3 is 9.40 Å². The largest absolute Gasteiger partial charge is 0.506 e. The second kappa shape index (κ2) is 14.9. The van der Waals surface area contributed by atoms with Crippen molar-refractivity contribution in [2.24, 2.45) is 0 Å². The van der Waals surface area contributed by atoms with Crippen molar-refractivity contribution in [2.45, 2.75) is 67.2 Å². The van der Waals surface area contributed by atoms with Crippen molar-refractivity contribution >= 4 is 32.6 Å². The van der Waals surface area contributed by atoms with Gasteiger partial charge in [-0.1, -0.05) is 118 Å². The smallest absolute Gasteiger partial charge is 0.0847 e. The Bertz CT molecular complexity index is 2510. The molecule has 263 valence electrons. The van der Waals surface area contributed by atoms with E-state index in [0.717, 1.165) is 62.1 Å². The number of hydrogen-bond acceptors (Lipinski definition) is 4. The van der Waals surface area contributed by atoms with Gasteiger partial charge in [0.25, 0.3) is 0 Å². The van der Waals surface area contributed by atoms with Crippen molar-refractivity contribution in [1.82, 2.24) is 15.0 Å². The molecule has 8 rings (SSSR count). The fourth-order valence-corrected chi connectivity index (χ4v) is 6.28. The quantitative estimate of drug-likeness (QED) is 0.165. The number of nitrogens with zero attached hydrogens (tertiary/aromatic N) is 3. The van der Waals surface area contributed by atoms with E-state index in [1.165, 1.54) is 44.2 Å². The van der Waals surface area contributed by atoms with Crippen LogP contribution in [-0.2, 0) is 31.9 Å². The Morgan fingerprint density at radius 1 is 0.712 bits per heavy atom. The molecule has 0 fully saturated rings.